The normalized spacial score (nSPS) is 9.79. The van der Waals surface area contributed by atoms with Gasteiger partial charge in [-0.05, 0) is 11.6 Å². The van der Waals surface area contributed by atoms with E-state index in [2.05, 4.69) is 0 Å². The summed E-state index contributed by atoms with van der Waals surface area (Å²) in [6.07, 6.45) is 0. The van der Waals surface area contributed by atoms with Gasteiger partial charge in [-0.15, -0.1) is 0 Å². The molecule has 1 rings (SSSR count). The van der Waals surface area contributed by atoms with Gasteiger partial charge in [0.05, 0.1) is 6.61 Å². The quantitative estimate of drug-likeness (QED) is 0.627. The van der Waals surface area contributed by atoms with Crippen LogP contribution in [0, 0.1) is 0 Å². The lowest BCUT2D eigenvalue weighted by Gasteiger charge is -2.09. The van der Waals surface area contributed by atoms with Crippen LogP contribution in [-0.2, 0) is 11.4 Å². The number of aliphatic carboxylic acids is 1. The molecule has 0 bridgehead atoms. The number of carboxylic acids is 1. The number of aliphatic hydroxyl groups excluding tert-OH is 1. The van der Waals surface area contributed by atoms with Crippen molar-refractivity contribution in [1.29, 1.82) is 0 Å². The van der Waals surface area contributed by atoms with Crippen LogP contribution < -0.4 is 10.2 Å². The fourth-order valence-electron chi connectivity index (χ4n) is 0.993. The number of ether oxygens (including phenoxy) is 1. The monoisotopic (exact) mass is 192 g/mol. The predicted octanol–water partition coefficient (Wildman–Crippen LogP) is -0.564. The highest BCUT2D eigenvalue weighted by molar-refractivity contribution is 6.35. The summed E-state index contributed by atoms with van der Waals surface area (Å²) in [5, 5.41) is 17.2. The van der Waals surface area contributed by atoms with Gasteiger partial charge in [0.15, 0.2) is 6.61 Å². The average molecular weight is 192 g/mol. The zero-order valence-electron chi connectivity index (χ0n) is 7.43. The van der Waals surface area contributed by atoms with Gasteiger partial charge in [0.25, 0.3) is 0 Å². The maximum absolute atomic E-state index is 10.2. The largest absolute Gasteiger partial charge is 0.483 e. The molecule has 72 valence electrons. The fraction of sp³-hybridized carbons (Fsp3) is 0.222. The Kier molecular flexibility index (Phi) is 3.53. The van der Waals surface area contributed by atoms with E-state index >= 15 is 0 Å². The second-order valence-electron chi connectivity index (χ2n) is 2.67. The van der Waals surface area contributed by atoms with Crippen molar-refractivity contribution in [2.75, 3.05) is 6.61 Å². The Morgan fingerprint density at radius 1 is 1.50 bits per heavy atom. The third-order valence-corrected chi connectivity index (χ3v) is 1.68. The predicted molar refractivity (Wildman–Crippen MR) is 50.9 cm³/mol. The van der Waals surface area contributed by atoms with E-state index in [-0.39, 0.29) is 17.8 Å². The standard InChI is InChI=1S/C9H9BO4/c10-9-6(4-11)2-1-3-7(9)14-5-8(12)13/h1-3,11H,4-5H2,(H,12,13). The third kappa shape index (κ3) is 2.50. The van der Waals surface area contributed by atoms with Crippen molar-refractivity contribution in [2.24, 2.45) is 0 Å². The van der Waals surface area contributed by atoms with Gasteiger partial charge in [0.2, 0.25) is 0 Å². The minimum Gasteiger partial charge on any atom is -0.483 e. The molecule has 0 amide bonds. The smallest absolute Gasteiger partial charge is 0.341 e. The molecule has 4 nitrogen and oxygen atoms in total. The molecule has 0 aliphatic heterocycles. The molecule has 14 heavy (non-hydrogen) atoms. The van der Waals surface area contributed by atoms with Crippen molar-refractivity contribution in [3.05, 3.63) is 23.8 Å². The van der Waals surface area contributed by atoms with Gasteiger partial charge in [-0.3, -0.25) is 0 Å². The number of carbonyl (C=O) groups is 1. The topological polar surface area (TPSA) is 66.8 Å². The van der Waals surface area contributed by atoms with Gasteiger partial charge in [-0.1, -0.05) is 17.6 Å². The Bertz CT molecular complexity index is 338. The summed E-state index contributed by atoms with van der Waals surface area (Å²) in [4.78, 5) is 10.2. The van der Waals surface area contributed by atoms with Crippen LogP contribution in [0.3, 0.4) is 0 Å². The van der Waals surface area contributed by atoms with E-state index in [0.29, 0.717) is 5.56 Å². The first-order valence-corrected chi connectivity index (χ1v) is 3.98. The lowest BCUT2D eigenvalue weighted by Crippen LogP contribution is -2.18. The van der Waals surface area contributed by atoms with Crippen LogP contribution in [-0.4, -0.2) is 30.6 Å². The lowest BCUT2D eigenvalue weighted by molar-refractivity contribution is -0.139. The second kappa shape index (κ2) is 4.67. The second-order valence-corrected chi connectivity index (χ2v) is 2.67. The molecule has 0 atom stereocenters. The number of hydrogen-bond acceptors (Lipinski definition) is 3. The Morgan fingerprint density at radius 2 is 2.21 bits per heavy atom. The highest BCUT2D eigenvalue weighted by atomic mass is 16.5. The summed E-state index contributed by atoms with van der Waals surface area (Å²) in [6, 6.07) is 4.83. The van der Waals surface area contributed by atoms with Gasteiger partial charge >= 0.3 is 5.97 Å². The summed E-state index contributed by atoms with van der Waals surface area (Å²) in [5.41, 5.74) is 0.795. The Hall–Kier alpha value is -1.49. The molecule has 0 aromatic heterocycles. The van der Waals surface area contributed by atoms with Crippen molar-refractivity contribution in [3.8, 4) is 5.75 Å². The first kappa shape index (κ1) is 10.6. The van der Waals surface area contributed by atoms with E-state index in [1.54, 1.807) is 18.2 Å². The molecule has 1 aromatic rings. The van der Waals surface area contributed by atoms with Gasteiger partial charge in [0.1, 0.15) is 13.6 Å². The Morgan fingerprint density at radius 3 is 2.79 bits per heavy atom. The van der Waals surface area contributed by atoms with Crippen LogP contribution in [0.15, 0.2) is 18.2 Å². The summed E-state index contributed by atoms with van der Waals surface area (Å²) in [6.45, 7) is -0.644. The number of hydrogen-bond donors (Lipinski definition) is 2. The molecule has 0 saturated heterocycles. The number of rotatable bonds is 4. The zero-order chi connectivity index (χ0) is 10.6. The zero-order valence-corrected chi connectivity index (χ0v) is 7.43. The molecule has 2 radical (unpaired) electrons. The highest BCUT2D eigenvalue weighted by Crippen LogP contribution is 2.08. The van der Waals surface area contributed by atoms with Crippen LogP contribution in [0.5, 0.6) is 5.75 Å². The molecule has 0 aliphatic rings. The Labute approximate surface area is 82.5 Å². The molecule has 2 N–H and O–H groups in total. The van der Waals surface area contributed by atoms with Crippen LogP contribution in [0.4, 0.5) is 0 Å². The van der Waals surface area contributed by atoms with Crippen LogP contribution >= 0.6 is 0 Å². The Balaban J connectivity index is 2.81. The van der Waals surface area contributed by atoms with E-state index in [1.807, 2.05) is 0 Å². The summed E-state index contributed by atoms with van der Waals surface area (Å²) >= 11 is 0. The van der Waals surface area contributed by atoms with Crippen LogP contribution in [0.1, 0.15) is 5.56 Å². The fourth-order valence-corrected chi connectivity index (χ4v) is 0.993. The van der Waals surface area contributed by atoms with Crippen molar-refractivity contribution in [2.45, 2.75) is 6.61 Å². The summed E-state index contributed by atoms with van der Waals surface area (Å²) in [7, 11) is 5.60. The van der Waals surface area contributed by atoms with Crippen molar-refractivity contribution >= 4 is 19.3 Å². The van der Waals surface area contributed by atoms with Gasteiger partial charge in [-0.25, -0.2) is 4.79 Å². The third-order valence-electron chi connectivity index (χ3n) is 1.68. The van der Waals surface area contributed by atoms with Crippen molar-refractivity contribution in [1.82, 2.24) is 0 Å². The number of aliphatic hydroxyl groups is 1. The lowest BCUT2D eigenvalue weighted by atomic mass is 9.90. The van der Waals surface area contributed by atoms with Gasteiger partial charge in [-0.2, -0.15) is 0 Å². The molecular formula is C9H9BO4. The highest BCUT2D eigenvalue weighted by Gasteiger charge is 2.05. The molecule has 1 aromatic carbocycles. The molecule has 5 heteroatoms. The molecular weight excluding hydrogens is 183 g/mol. The first-order valence-electron chi connectivity index (χ1n) is 3.98. The van der Waals surface area contributed by atoms with Crippen molar-refractivity contribution < 1.29 is 19.7 Å². The molecule has 0 spiro atoms. The van der Waals surface area contributed by atoms with E-state index in [4.69, 9.17) is 22.8 Å². The minimum absolute atomic E-state index is 0.198. The average Bonchev–Trinajstić information content (AvgIpc) is 2.16. The SMILES string of the molecule is [B]c1c(CO)cccc1OCC(=O)O. The van der Waals surface area contributed by atoms with E-state index in [0.717, 1.165) is 0 Å². The van der Waals surface area contributed by atoms with Gasteiger partial charge < -0.3 is 14.9 Å². The first-order chi connectivity index (χ1) is 6.65. The molecule has 0 aliphatic carbocycles. The van der Waals surface area contributed by atoms with Crippen LogP contribution in [0.2, 0.25) is 0 Å². The summed E-state index contributed by atoms with van der Waals surface area (Å²) in [5.74, 6) is -0.794. The maximum atomic E-state index is 10.2. The number of carboxylic acid groups (broad SMARTS) is 1. The van der Waals surface area contributed by atoms with E-state index < -0.39 is 12.6 Å². The molecule has 0 heterocycles. The molecule has 0 saturated carbocycles. The van der Waals surface area contributed by atoms with Crippen LogP contribution in [0.25, 0.3) is 0 Å². The minimum atomic E-state index is -1.07. The van der Waals surface area contributed by atoms with E-state index in [1.165, 1.54) is 0 Å². The van der Waals surface area contributed by atoms with Gasteiger partial charge in [0, 0.05) is 0 Å². The number of benzene rings is 1. The molecule has 0 unspecified atom stereocenters. The maximum Gasteiger partial charge on any atom is 0.341 e. The van der Waals surface area contributed by atoms with E-state index in [9.17, 15) is 4.79 Å². The van der Waals surface area contributed by atoms with Crippen molar-refractivity contribution in [3.63, 3.8) is 0 Å². The summed E-state index contributed by atoms with van der Waals surface area (Å²) < 4.78 is 4.91. The molecule has 0 fully saturated rings.